The molecule has 1 aromatic heterocycles. The van der Waals surface area contributed by atoms with E-state index in [9.17, 15) is 9.59 Å². The van der Waals surface area contributed by atoms with Gasteiger partial charge in [0.25, 0.3) is 5.91 Å². The minimum absolute atomic E-state index is 0.0567. The number of nitrogens with zero attached hydrogens (tertiary/aromatic N) is 3. The maximum Gasteiger partial charge on any atom is 0.276 e. The third kappa shape index (κ3) is 4.27. The molecule has 1 fully saturated rings. The molecule has 0 aliphatic heterocycles. The molecule has 1 aromatic carbocycles. The molecular formula is C19H24N4O2S. The summed E-state index contributed by atoms with van der Waals surface area (Å²) in [4.78, 5) is 27.9. The highest BCUT2D eigenvalue weighted by atomic mass is 32.1. The van der Waals surface area contributed by atoms with E-state index in [1.165, 1.54) is 0 Å². The minimum atomic E-state index is -0.684. The first kappa shape index (κ1) is 18.5. The lowest BCUT2D eigenvalue weighted by Crippen LogP contribution is -2.50. The van der Waals surface area contributed by atoms with Gasteiger partial charge in [-0.3, -0.25) is 9.59 Å². The van der Waals surface area contributed by atoms with Crippen LogP contribution in [0.15, 0.2) is 29.6 Å². The van der Waals surface area contributed by atoms with E-state index in [4.69, 9.17) is 0 Å². The van der Waals surface area contributed by atoms with Gasteiger partial charge in [0.2, 0.25) is 5.91 Å². The number of hydrogen-bond donors (Lipinski definition) is 1. The van der Waals surface area contributed by atoms with Gasteiger partial charge in [0, 0.05) is 17.0 Å². The van der Waals surface area contributed by atoms with E-state index in [0.717, 1.165) is 35.5 Å². The number of rotatable bonds is 5. The second-order valence-corrected chi connectivity index (χ2v) is 8.40. The van der Waals surface area contributed by atoms with Crippen molar-refractivity contribution in [2.24, 2.45) is 0 Å². The highest BCUT2D eigenvalue weighted by molar-refractivity contribution is 7.03. The van der Waals surface area contributed by atoms with Gasteiger partial charge in [-0.15, -0.1) is 5.10 Å². The number of aromatic nitrogens is 2. The predicted octanol–water partition coefficient (Wildman–Crippen LogP) is 3.11. The molecule has 0 unspecified atom stereocenters. The molecule has 26 heavy (non-hydrogen) atoms. The Morgan fingerprint density at radius 3 is 2.38 bits per heavy atom. The average Bonchev–Trinajstić information content (AvgIpc) is 3.23. The Morgan fingerprint density at radius 2 is 1.88 bits per heavy atom. The van der Waals surface area contributed by atoms with E-state index in [1.54, 1.807) is 10.3 Å². The second-order valence-electron chi connectivity index (χ2n) is 7.79. The lowest BCUT2D eigenvalue weighted by atomic mass is 10.00. The number of carbonyl (C=O) groups is 2. The monoisotopic (exact) mass is 372 g/mol. The topological polar surface area (TPSA) is 75.2 Å². The molecule has 1 saturated carbocycles. The molecule has 2 amide bonds. The molecule has 2 aromatic rings. The smallest absolute Gasteiger partial charge is 0.276 e. The molecule has 1 atom stereocenters. The highest BCUT2D eigenvalue weighted by Crippen LogP contribution is 2.36. The Bertz CT molecular complexity index is 777. The molecule has 1 aliphatic carbocycles. The van der Waals surface area contributed by atoms with Gasteiger partial charge < -0.3 is 10.2 Å². The van der Waals surface area contributed by atoms with E-state index in [0.29, 0.717) is 5.69 Å². The van der Waals surface area contributed by atoms with Crippen LogP contribution in [-0.2, 0) is 4.79 Å². The number of benzene rings is 1. The summed E-state index contributed by atoms with van der Waals surface area (Å²) in [5.41, 5.74) is 1.82. The van der Waals surface area contributed by atoms with Crippen LogP contribution in [0.1, 0.15) is 61.3 Å². The average molecular weight is 372 g/mol. The molecule has 0 bridgehead atoms. The SMILES string of the molecule is Cc1ccc([C@H](C(=O)NC(C)(C)C)N(C(=O)c2csnn2)C2CC2)cc1. The van der Waals surface area contributed by atoms with Gasteiger partial charge in [0.05, 0.1) is 0 Å². The largest absolute Gasteiger partial charge is 0.349 e. The summed E-state index contributed by atoms with van der Waals surface area (Å²) >= 11 is 1.14. The molecule has 0 radical (unpaired) electrons. The van der Waals surface area contributed by atoms with Gasteiger partial charge in [-0.05, 0) is 57.6 Å². The molecule has 1 aliphatic rings. The van der Waals surface area contributed by atoms with Gasteiger partial charge in [-0.2, -0.15) is 0 Å². The van der Waals surface area contributed by atoms with Gasteiger partial charge >= 0.3 is 0 Å². The Kier molecular flexibility index (Phi) is 5.09. The molecule has 0 spiro atoms. The van der Waals surface area contributed by atoms with Crippen molar-refractivity contribution in [3.8, 4) is 0 Å². The van der Waals surface area contributed by atoms with Crippen LogP contribution < -0.4 is 5.32 Å². The van der Waals surface area contributed by atoms with E-state index < -0.39 is 6.04 Å². The molecule has 1 N–H and O–H groups in total. The zero-order valence-electron chi connectivity index (χ0n) is 15.5. The maximum absolute atomic E-state index is 13.2. The van der Waals surface area contributed by atoms with Gasteiger partial charge in [-0.1, -0.05) is 34.3 Å². The standard InChI is InChI=1S/C19H24N4O2S/c1-12-5-7-13(8-6-12)16(17(24)20-19(2,3)4)23(14-9-10-14)18(25)15-11-26-22-21-15/h5-8,11,14,16H,9-10H2,1-4H3,(H,20,24)/t16-/m1/s1. The fourth-order valence-corrected chi connectivity index (χ4v) is 3.29. The van der Waals surface area contributed by atoms with Crippen molar-refractivity contribution in [3.63, 3.8) is 0 Å². The van der Waals surface area contributed by atoms with Crippen LogP contribution in [0.4, 0.5) is 0 Å². The minimum Gasteiger partial charge on any atom is -0.349 e. The third-order valence-corrected chi connectivity index (χ3v) is 4.68. The van der Waals surface area contributed by atoms with Crippen LogP contribution in [0.5, 0.6) is 0 Å². The fourth-order valence-electron chi connectivity index (χ4n) is 2.86. The summed E-state index contributed by atoms with van der Waals surface area (Å²) in [6.07, 6.45) is 1.79. The normalized spacial score (nSPS) is 15.4. The Labute approximate surface area is 157 Å². The summed E-state index contributed by atoms with van der Waals surface area (Å²) in [6, 6.07) is 7.14. The maximum atomic E-state index is 13.2. The van der Waals surface area contributed by atoms with E-state index in [1.807, 2.05) is 52.0 Å². The molecule has 0 saturated heterocycles. The second kappa shape index (κ2) is 7.15. The molecule has 6 nitrogen and oxygen atoms in total. The number of carbonyl (C=O) groups excluding carboxylic acids is 2. The van der Waals surface area contributed by atoms with Gasteiger partial charge in [-0.25, -0.2) is 0 Å². The number of amides is 2. The summed E-state index contributed by atoms with van der Waals surface area (Å²) in [5, 5.41) is 8.58. The quantitative estimate of drug-likeness (QED) is 0.875. The lowest BCUT2D eigenvalue weighted by molar-refractivity contribution is -0.127. The van der Waals surface area contributed by atoms with Crippen molar-refractivity contribution in [1.82, 2.24) is 19.8 Å². The van der Waals surface area contributed by atoms with Crippen LogP contribution in [0.2, 0.25) is 0 Å². The van der Waals surface area contributed by atoms with Crippen molar-refractivity contribution < 1.29 is 9.59 Å². The number of hydrogen-bond acceptors (Lipinski definition) is 5. The fraction of sp³-hybridized carbons (Fsp3) is 0.474. The Balaban J connectivity index is 2.00. The predicted molar refractivity (Wildman–Crippen MR) is 101 cm³/mol. The van der Waals surface area contributed by atoms with Crippen LogP contribution >= 0.6 is 11.5 Å². The van der Waals surface area contributed by atoms with Crippen molar-refractivity contribution >= 4 is 23.3 Å². The molecule has 7 heteroatoms. The highest BCUT2D eigenvalue weighted by Gasteiger charge is 2.42. The molecular weight excluding hydrogens is 348 g/mol. The summed E-state index contributed by atoms with van der Waals surface area (Å²) < 4.78 is 3.80. The Morgan fingerprint density at radius 1 is 1.23 bits per heavy atom. The summed E-state index contributed by atoms with van der Waals surface area (Å²) in [7, 11) is 0. The van der Waals surface area contributed by atoms with E-state index in [-0.39, 0.29) is 23.4 Å². The number of nitrogens with one attached hydrogen (secondary N) is 1. The first-order valence-corrected chi connectivity index (χ1v) is 9.58. The zero-order chi connectivity index (χ0) is 18.9. The lowest BCUT2D eigenvalue weighted by Gasteiger charge is -2.33. The first-order chi connectivity index (χ1) is 12.3. The summed E-state index contributed by atoms with van der Waals surface area (Å²) in [6.45, 7) is 7.80. The van der Waals surface area contributed by atoms with Gasteiger partial charge in [0.15, 0.2) is 5.69 Å². The first-order valence-electron chi connectivity index (χ1n) is 8.74. The molecule has 3 rings (SSSR count). The molecule has 138 valence electrons. The van der Waals surface area contributed by atoms with E-state index in [2.05, 4.69) is 14.9 Å². The van der Waals surface area contributed by atoms with Crippen LogP contribution in [0.3, 0.4) is 0 Å². The zero-order valence-corrected chi connectivity index (χ0v) is 16.3. The van der Waals surface area contributed by atoms with Crippen LogP contribution in [0.25, 0.3) is 0 Å². The van der Waals surface area contributed by atoms with Crippen LogP contribution in [-0.4, -0.2) is 37.9 Å². The number of aryl methyl sites for hydroxylation is 1. The summed E-state index contributed by atoms with van der Waals surface area (Å²) in [5.74, 6) is -0.416. The van der Waals surface area contributed by atoms with E-state index >= 15 is 0 Å². The third-order valence-electron chi connectivity index (χ3n) is 4.17. The van der Waals surface area contributed by atoms with Crippen molar-refractivity contribution in [1.29, 1.82) is 0 Å². The van der Waals surface area contributed by atoms with Crippen molar-refractivity contribution in [3.05, 3.63) is 46.5 Å². The Hall–Kier alpha value is -2.28. The van der Waals surface area contributed by atoms with Crippen LogP contribution in [0, 0.1) is 6.92 Å². The molecule has 1 heterocycles. The van der Waals surface area contributed by atoms with Crippen molar-refractivity contribution in [2.45, 2.75) is 58.2 Å². The van der Waals surface area contributed by atoms with Crippen molar-refractivity contribution in [2.75, 3.05) is 0 Å². The van der Waals surface area contributed by atoms with Gasteiger partial charge in [0.1, 0.15) is 6.04 Å².